The zero-order valence-electron chi connectivity index (χ0n) is 16.0. The van der Waals surface area contributed by atoms with Gasteiger partial charge in [-0.05, 0) is 47.9 Å². The van der Waals surface area contributed by atoms with Gasteiger partial charge in [-0.15, -0.1) is 11.3 Å². The number of anilines is 1. The number of nitriles is 2. The van der Waals surface area contributed by atoms with Crippen LogP contribution in [-0.4, -0.2) is 17.4 Å². The molecule has 0 saturated heterocycles. The van der Waals surface area contributed by atoms with Crippen LogP contribution in [0.3, 0.4) is 0 Å². The van der Waals surface area contributed by atoms with Crippen LogP contribution in [-0.2, 0) is 19.5 Å². The lowest BCUT2D eigenvalue weighted by Crippen LogP contribution is -2.35. The zero-order valence-corrected chi connectivity index (χ0v) is 17.6. The number of nitrogens with one attached hydrogen (secondary N) is 1. The predicted molar refractivity (Wildman–Crippen MR) is 117 cm³/mol. The summed E-state index contributed by atoms with van der Waals surface area (Å²) in [5.74, 6) is -0.0536. The highest BCUT2D eigenvalue weighted by atomic mass is 35.5. The van der Waals surface area contributed by atoms with Crippen LogP contribution in [0, 0.1) is 22.7 Å². The van der Waals surface area contributed by atoms with Crippen molar-refractivity contribution in [1.82, 2.24) is 4.90 Å². The average molecular weight is 433 g/mol. The van der Waals surface area contributed by atoms with Gasteiger partial charge in [-0.1, -0.05) is 29.8 Å². The fourth-order valence-electron chi connectivity index (χ4n) is 3.50. The van der Waals surface area contributed by atoms with Gasteiger partial charge in [0.15, 0.2) is 0 Å². The first-order valence-corrected chi connectivity index (χ1v) is 10.6. The van der Waals surface area contributed by atoms with Gasteiger partial charge < -0.3 is 10.2 Å². The number of fused-ring (bicyclic) bond motifs is 1. The van der Waals surface area contributed by atoms with Crippen molar-refractivity contribution >= 4 is 33.8 Å². The lowest BCUT2D eigenvalue weighted by molar-refractivity contribution is 0.0737. The van der Waals surface area contributed by atoms with Crippen molar-refractivity contribution in [2.45, 2.75) is 19.5 Å². The van der Waals surface area contributed by atoms with E-state index in [0.29, 0.717) is 47.8 Å². The van der Waals surface area contributed by atoms with Gasteiger partial charge in [-0.3, -0.25) is 4.79 Å². The normalized spacial score (nSPS) is 12.6. The van der Waals surface area contributed by atoms with E-state index in [4.69, 9.17) is 16.9 Å². The van der Waals surface area contributed by atoms with E-state index in [0.717, 1.165) is 21.0 Å². The first-order chi connectivity index (χ1) is 14.6. The molecule has 0 fully saturated rings. The van der Waals surface area contributed by atoms with Gasteiger partial charge >= 0.3 is 0 Å². The number of amides is 1. The van der Waals surface area contributed by atoms with Crippen LogP contribution < -0.4 is 5.32 Å². The first-order valence-electron chi connectivity index (χ1n) is 9.41. The van der Waals surface area contributed by atoms with Crippen molar-refractivity contribution in [3.05, 3.63) is 86.2 Å². The van der Waals surface area contributed by atoms with Gasteiger partial charge in [0.2, 0.25) is 0 Å². The minimum Gasteiger partial charge on any atom is -0.372 e. The summed E-state index contributed by atoms with van der Waals surface area (Å²) in [5.41, 5.74) is 3.91. The highest BCUT2D eigenvalue weighted by Gasteiger charge is 2.27. The Bertz CT molecular complexity index is 1190. The van der Waals surface area contributed by atoms with Crippen molar-refractivity contribution in [2.75, 3.05) is 11.9 Å². The largest absolute Gasteiger partial charge is 0.372 e. The molecule has 1 N–H and O–H groups in total. The standard InChI is InChI=1S/C23H17ClN4OS/c24-18-3-1-2-17(10-18)23(29)28-9-8-19-20(12-26)22(30-21(19)14-28)27-13-16-6-4-15(11-25)5-7-16/h1-7,10,27H,8-9,13-14H2. The SMILES string of the molecule is N#Cc1ccc(CNc2sc3c(c2C#N)CCN(C(=O)c2cccc(Cl)c2)C3)cc1. The lowest BCUT2D eigenvalue weighted by Gasteiger charge is -2.27. The number of nitrogens with zero attached hydrogens (tertiary/aromatic N) is 3. The molecule has 1 aliphatic rings. The van der Waals surface area contributed by atoms with Gasteiger partial charge in [0.05, 0.1) is 23.7 Å². The number of hydrogen-bond acceptors (Lipinski definition) is 5. The molecule has 0 saturated carbocycles. The summed E-state index contributed by atoms with van der Waals surface area (Å²) in [4.78, 5) is 15.7. The number of hydrogen-bond donors (Lipinski definition) is 1. The molecule has 5 nitrogen and oxygen atoms in total. The van der Waals surface area contributed by atoms with E-state index in [1.54, 1.807) is 41.3 Å². The van der Waals surface area contributed by atoms with E-state index in [1.807, 2.05) is 12.1 Å². The Kier molecular flexibility index (Phi) is 5.72. The predicted octanol–water partition coefficient (Wildman–Crippen LogP) is 4.96. The first kappa shape index (κ1) is 20.0. The third kappa shape index (κ3) is 4.02. The van der Waals surface area contributed by atoms with E-state index in [1.165, 1.54) is 11.3 Å². The lowest BCUT2D eigenvalue weighted by atomic mass is 10.0. The van der Waals surface area contributed by atoms with Crippen molar-refractivity contribution in [2.24, 2.45) is 0 Å². The molecule has 1 aromatic heterocycles. The number of thiophene rings is 1. The van der Waals surface area contributed by atoms with Crippen LogP contribution in [0.4, 0.5) is 5.00 Å². The average Bonchev–Trinajstić information content (AvgIpc) is 3.14. The van der Waals surface area contributed by atoms with E-state index in [-0.39, 0.29) is 5.91 Å². The van der Waals surface area contributed by atoms with Crippen LogP contribution in [0.15, 0.2) is 48.5 Å². The molecule has 30 heavy (non-hydrogen) atoms. The maximum atomic E-state index is 12.9. The Balaban J connectivity index is 1.51. The van der Waals surface area contributed by atoms with Crippen molar-refractivity contribution < 1.29 is 4.79 Å². The van der Waals surface area contributed by atoms with Gasteiger partial charge in [-0.2, -0.15) is 10.5 Å². The second kappa shape index (κ2) is 8.59. The summed E-state index contributed by atoms with van der Waals surface area (Å²) in [7, 11) is 0. The van der Waals surface area contributed by atoms with Crippen LogP contribution in [0.2, 0.25) is 5.02 Å². The van der Waals surface area contributed by atoms with Gasteiger partial charge in [0, 0.05) is 28.6 Å². The molecule has 2 heterocycles. The molecule has 0 spiro atoms. The molecule has 0 unspecified atom stereocenters. The minimum atomic E-state index is -0.0536. The number of rotatable bonds is 4. The Morgan fingerprint density at radius 3 is 2.67 bits per heavy atom. The molecule has 1 amide bonds. The van der Waals surface area contributed by atoms with Crippen molar-refractivity contribution in [3.8, 4) is 12.1 Å². The molecule has 0 atom stereocenters. The Labute approximate surface area is 183 Å². The fraction of sp³-hybridized carbons (Fsp3) is 0.174. The number of benzene rings is 2. The molecule has 0 aliphatic carbocycles. The fourth-order valence-corrected chi connectivity index (χ4v) is 4.90. The maximum Gasteiger partial charge on any atom is 0.254 e. The Hall–Kier alpha value is -3.32. The van der Waals surface area contributed by atoms with Crippen LogP contribution in [0.5, 0.6) is 0 Å². The molecular formula is C23H17ClN4OS. The zero-order chi connectivity index (χ0) is 21.1. The minimum absolute atomic E-state index is 0.0536. The van der Waals surface area contributed by atoms with E-state index in [2.05, 4.69) is 17.5 Å². The topological polar surface area (TPSA) is 79.9 Å². The number of halogens is 1. The van der Waals surface area contributed by atoms with Crippen LogP contribution in [0.25, 0.3) is 0 Å². The molecule has 0 bridgehead atoms. The van der Waals surface area contributed by atoms with E-state index in [9.17, 15) is 10.1 Å². The molecule has 3 aromatic rings. The summed E-state index contributed by atoms with van der Waals surface area (Å²) in [6.45, 7) is 1.61. The highest BCUT2D eigenvalue weighted by Crippen LogP contribution is 2.37. The third-order valence-corrected chi connectivity index (χ3v) is 6.47. The van der Waals surface area contributed by atoms with E-state index >= 15 is 0 Å². The van der Waals surface area contributed by atoms with Gasteiger partial charge in [-0.25, -0.2) is 0 Å². The summed E-state index contributed by atoms with van der Waals surface area (Å²) >= 11 is 7.55. The van der Waals surface area contributed by atoms with Gasteiger partial charge in [0.25, 0.3) is 5.91 Å². The highest BCUT2D eigenvalue weighted by molar-refractivity contribution is 7.16. The smallest absolute Gasteiger partial charge is 0.254 e. The third-order valence-electron chi connectivity index (χ3n) is 5.06. The number of carbonyl (C=O) groups excluding carboxylic acids is 1. The monoisotopic (exact) mass is 432 g/mol. The quantitative estimate of drug-likeness (QED) is 0.632. The second-order valence-electron chi connectivity index (χ2n) is 6.97. The Morgan fingerprint density at radius 2 is 1.97 bits per heavy atom. The van der Waals surface area contributed by atoms with Crippen molar-refractivity contribution in [1.29, 1.82) is 10.5 Å². The van der Waals surface area contributed by atoms with Gasteiger partial charge in [0.1, 0.15) is 11.1 Å². The second-order valence-corrected chi connectivity index (χ2v) is 8.51. The molecule has 7 heteroatoms. The maximum absolute atomic E-state index is 12.9. The molecule has 4 rings (SSSR count). The van der Waals surface area contributed by atoms with E-state index < -0.39 is 0 Å². The van der Waals surface area contributed by atoms with Crippen LogP contribution in [0.1, 0.15) is 37.5 Å². The summed E-state index contributed by atoms with van der Waals surface area (Å²) in [6.07, 6.45) is 0.652. The summed E-state index contributed by atoms with van der Waals surface area (Å²) in [6, 6.07) is 18.8. The van der Waals surface area contributed by atoms with Crippen LogP contribution >= 0.6 is 22.9 Å². The number of carbonyl (C=O) groups is 1. The molecule has 148 valence electrons. The summed E-state index contributed by atoms with van der Waals surface area (Å²) in [5, 5.41) is 23.3. The molecule has 2 aromatic carbocycles. The Morgan fingerprint density at radius 1 is 1.17 bits per heavy atom. The molecular weight excluding hydrogens is 416 g/mol. The molecule has 0 radical (unpaired) electrons. The molecule has 1 aliphatic heterocycles. The van der Waals surface area contributed by atoms with Crippen molar-refractivity contribution in [3.63, 3.8) is 0 Å². The summed E-state index contributed by atoms with van der Waals surface area (Å²) < 4.78 is 0.